The standard InChI is InChI=1S/C27H28N2O5/c1-18-11-13-28(14-12-18)20(19-7-3-2-4-8-19)17-29-24(21-9-5-15-33-21)23(26(31)27(29)32)25(30)22-10-6-16-34-22/h2-10,15-16,18,20,24,31H,11-14,17H2,1H3. The van der Waals surface area contributed by atoms with Crippen molar-refractivity contribution in [1.29, 1.82) is 0 Å². The first-order valence-corrected chi connectivity index (χ1v) is 11.7. The van der Waals surface area contributed by atoms with Gasteiger partial charge in [-0.05, 0) is 61.7 Å². The molecule has 7 heteroatoms. The number of rotatable bonds is 7. The fourth-order valence-electron chi connectivity index (χ4n) is 4.99. The molecule has 0 radical (unpaired) electrons. The normalized spacial score (nSPS) is 20.8. The molecule has 2 aromatic heterocycles. The summed E-state index contributed by atoms with van der Waals surface area (Å²) < 4.78 is 10.9. The molecular weight excluding hydrogens is 432 g/mol. The van der Waals surface area contributed by atoms with Gasteiger partial charge in [-0.2, -0.15) is 0 Å². The number of hydrogen-bond acceptors (Lipinski definition) is 6. The third kappa shape index (κ3) is 4.07. The zero-order chi connectivity index (χ0) is 23.7. The summed E-state index contributed by atoms with van der Waals surface area (Å²) in [5, 5.41) is 10.9. The maximum Gasteiger partial charge on any atom is 0.290 e. The maximum atomic E-state index is 13.4. The molecule has 0 saturated carbocycles. The van der Waals surface area contributed by atoms with Gasteiger partial charge in [-0.1, -0.05) is 37.3 Å². The molecule has 0 spiro atoms. The number of furan rings is 2. The van der Waals surface area contributed by atoms with Crippen LogP contribution in [0.5, 0.6) is 0 Å². The van der Waals surface area contributed by atoms with E-state index < -0.39 is 23.5 Å². The van der Waals surface area contributed by atoms with Crippen LogP contribution in [0.4, 0.5) is 0 Å². The summed E-state index contributed by atoms with van der Waals surface area (Å²) in [5.41, 5.74) is 1.07. The van der Waals surface area contributed by atoms with Gasteiger partial charge < -0.3 is 18.8 Å². The molecule has 0 aliphatic carbocycles. The number of ketones is 1. The van der Waals surface area contributed by atoms with E-state index in [-0.39, 0.29) is 17.4 Å². The lowest BCUT2D eigenvalue weighted by Gasteiger charge is -2.39. The highest BCUT2D eigenvalue weighted by atomic mass is 16.3. The first-order valence-electron chi connectivity index (χ1n) is 11.7. The Hall–Kier alpha value is -3.58. The van der Waals surface area contributed by atoms with Crippen LogP contribution in [-0.2, 0) is 4.79 Å². The number of nitrogens with zero attached hydrogens (tertiary/aromatic N) is 2. The topological polar surface area (TPSA) is 87.1 Å². The number of piperidine rings is 1. The molecule has 176 valence electrons. The highest BCUT2D eigenvalue weighted by molar-refractivity contribution is 6.14. The Morgan fingerprint density at radius 2 is 1.74 bits per heavy atom. The Kier molecular flexibility index (Phi) is 6.11. The van der Waals surface area contributed by atoms with Crippen LogP contribution in [0.1, 0.15) is 53.7 Å². The van der Waals surface area contributed by atoms with Crippen molar-refractivity contribution in [3.8, 4) is 0 Å². The molecule has 1 aromatic carbocycles. The van der Waals surface area contributed by atoms with E-state index in [0.29, 0.717) is 18.2 Å². The SMILES string of the molecule is CC1CCN(C(CN2C(=O)C(O)=C(C(=O)c3ccco3)C2c2ccco2)c2ccccc2)CC1. The van der Waals surface area contributed by atoms with E-state index in [9.17, 15) is 14.7 Å². The van der Waals surface area contributed by atoms with Crippen LogP contribution in [0, 0.1) is 5.92 Å². The van der Waals surface area contributed by atoms with Crippen molar-refractivity contribution in [2.24, 2.45) is 5.92 Å². The van der Waals surface area contributed by atoms with Crippen LogP contribution in [-0.4, -0.2) is 46.2 Å². The average Bonchev–Trinajstić information content (AvgIpc) is 3.62. The monoisotopic (exact) mass is 460 g/mol. The van der Waals surface area contributed by atoms with E-state index in [1.807, 2.05) is 18.2 Å². The minimum Gasteiger partial charge on any atom is -0.503 e. The lowest BCUT2D eigenvalue weighted by molar-refractivity contribution is -0.130. The largest absolute Gasteiger partial charge is 0.503 e. The molecule has 0 bridgehead atoms. The molecule has 1 N–H and O–H groups in total. The zero-order valence-corrected chi connectivity index (χ0v) is 19.1. The molecule has 5 rings (SSSR count). The Labute approximate surface area is 198 Å². The van der Waals surface area contributed by atoms with Gasteiger partial charge in [-0.15, -0.1) is 0 Å². The number of aliphatic hydroxyl groups excluding tert-OH is 1. The van der Waals surface area contributed by atoms with Crippen LogP contribution in [0.3, 0.4) is 0 Å². The van der Waals surface area contributed by atoms with Gasteiger partial charge in [0.25, 0.3) is 5.91 Å². The van der Waals surface area contributed by atoms with E-state index in [1.54, 1.807) is 23.1 Å². The molecule has 7 nitrogen and oxygen atoms in total. The highest BCUT2D eigenvalue weighted by Gasteiger charge is 2.47. The summed E-state index contributed by atoms with van der Waals surface area (Å²) in [7, 11) is 0. The third-order valence-corrected chi connectivity index (χ3v) is 6.92. The molecule has 1 fully saturated rings. The Balaban J connectivity index is 1.52. The van der Waals surface area contributed by atoms with Crippen molar-refractivity contribution in [2.75, 3.05) is 19.6 Å². The van der Waals surface area contributed by atoms with Crippen LogP contribution < -0.4 is 0 Å². The van der Waals surface area contributed by atoms with Crippen molar-refractivity contribution >= 4 is 11.7 Å². The van der Waals surface area contributed by atoms with E-state index in [0.717, 1.165) is 31.5 Å². The molecule has 3 aromatic rings. The maximum absolute atomic E-state index is 13.4. The first kappa shape index (κ1) is 22.2. The van der Waals surface area contributed by atoms with Gasteiger partial charge in [0.1, 0.15) is 11.8 Å². The van der Waals surface area contributed by atoms with Gasteiger partial charge in [-0.25, -0.2) is 0 Å². The van der Waals surface area contributed by atoms with Gasteiger partial charge in [0, 0.05) is 6.54 Å². The molecule has 2 aliphatic heterocycles. The predicted molar refractivity (Wildman–Crippen MR) is 125 cm³/mol. The quantitative estimate of drug-likeness (QED) is 0.504. The molecule has 4 heterocycles. The van der Waals surface area contributed by atoms with Crippen LogP contribution in [0.15, 0.2) is 87.3 Å². The van der Waals surface area contributed by atoms with Crippen LogP contribution in [0.25, 0.3) is 0 Å². The summed E-state index contributed by atoms with van der Waals surface area (Å²) >= 11 is 0. The number of hydrogen-bond donors (Lipinski definition) is 1. The van der Waals surface area contributed by atoms with E-state index in [2.05, 4.69) is 24.0 Å². The number of Topliss-reactive ketones (excluding diaryl/α,β-unsaturated/α-hetero) is 1. The minimum atomic E-state index is -0.838. The fourth-order valence-corrected chi connectivity index (χ4v) is 4.99. The van der Waals surface area contributed by atoms with Crippen molar-refractivity contribution in [1.82, 2.24) is 9.80 Å². The molecule has 2 aliphatic rings. The van der Waals surface area contributed by atoms with Crippen LogP contribution >= 0.6 is 0 Å². The molecule has 1 amide bonds. The summed E-state index contributed by atoms with van der Waals surface area (Å²) in [5.74, 6) is -0.503. The average molecular weight is 461 g/mol. The summed E-state index contributed by atoms with van der Waals surface area (Å²) in [6.07, 6.45) is 5.07. The molecule has 2 unspecified atom stereocenters. The first-order chi connectivity index (χ1) is 16.5. The van der Waals surface area contributed by atoms with Crippen molar-refractivity contribution in [2.45, 2.75) is 31.8 Å². The third-order valence-electron chi connectivity index (χ3n) is 6.92. The highest BCUT2D eigenvalue weighted by Crippen LogP contribution is 2.41. The Morgan fingerprint density at radius 1 is 1.03 bits per heavy atom. The van der Waals surface area contributed by atoms with E-state index >= 15 is 0 Å². The second-order valence-corrected chi connectivity index (χ2v) is 9.09. The van der Waals surface area contributed by atoms with Crippen molar-refractivity contribution < 1.29 is 23.5 Å². The number of carbonyl (C=O) groups is 2. The van der Waals surface area contributed by atoms with E-state index in [4.69, 9.17) is 8.83 Å². The summed E-state index contributed by atoms with van der Waals surface area (Å²) in [6.45, 7) is 4.42. The van der Waals surface area contributed by atoms with Crippen molar-refractivity contribution in [3.05, 3.63) is 95.5 Å². The number of aliphatic hydroxyl groups is 1. The van der Waals surface area contributed by atoms with Crippen molar-refractivity contribution in [3.63, 3.8) is 0 Å². The minimum absolute atomic E-state index is 0.0195. The Bertz CT molecular complexity index is 1160. The fraction of sp³-hybridized carbons (Fsp3) is 0.333. The smallest absolute Gasteiger partial charge is 0.290 e. The second kappa shape index (κ2) is 9.35. The van der Waals surface area contributed by atoms with Gasteiger partial charge >= 0.3 is 0 Å². The zero-order valence-electron chi connectivity index (χ0n) is 19.1. The molecular formula is C27H28N2O5. The van der Waals surface area contributed by atoms with E-state index in [1.165, 1.54) is 18.6 Å². The van der Waals surface area contributed by atoms with Gasteiger partial charge in [-0.3, -0.25) is 14.5 Å². The Morgan fingerprint density at radius 3 is 2.38 bits per heavy atom. The second-order valence-electron chi connectivity index (χ2n) is 9.09. The summed E-state index contributed by atoms with van der Waals surface area (Å²) in [4.78, 5) is 30.6. The lowest BCUT2D eigenvalue weighted by atomic mass is 9.95. The molecule has 1 saturated heterocycles. The number of likely N-dealkylation sites (tertiary alicyclic amines) is 1. The van der Waals surface area contributed by atoms with Gasteiger partial charge in [0.15, 0.2) is 11.5 Å². The van der Waals surface area contributed by atoms with Gasteiger partial charge in [0.05, 0.1) is 24.1 Å². The molecule has 34 heavy (non-hydrogen) atoms. The van der Waals surface area contributed by atoms with Gasteiger partial charge in [0.2, 0.25) is 5.78 Å². The predicted octanol–water partition coefficient (Wildman–Crippen LogP) is 4.92. The number of amides is 1. The summed E-state index contributed by atoms with van der Waals surface area (Å²) in [6, 6.07) is 15.7. The molecule has 2 atom stereocenters. The van der Waals surface area contributed by atoms with Crippen LogP contribution in [0.2, 0.25) is 0 Å². The number of carbonyl (C=O) groups excluding carboxylic acids is 2. The lowest BCUT2D eigenvalue weighted by Crippen LogP contribution is -2.43. The number of benzene rings is 1.